The van der Waals surface area contributed by atoms with Crippen LogP contribution in [0.15, 0.2) is 27.2 Å². The summed E-state index contributed by atoms with van der Waals surface area (Å²) in [7, 11) is 0. The lowest BCUT2D eigenvalue weighted by Gasteiger charge is -2.12. The highest BCUT2D eigenvalue weighted by Gasteiger charge is 2.16. The normalized spacial score (nSPS) is 12.0. The fourth-order valence-electron chi connectivity index (χ4n) is 1.69. The highest BCUT2D eigenvalue weighted by atomic mass is 79.9. The molecule has 0 saturated carbocycles. The Morgan fingerprint density at radius 3 is 3.00 bits per heavy atom. The zero-order chi connectivity index (χ0) is 16.1. The van der Waals surface area contributed by atoms with Gasteiger partial charge in [-0.25, -0.2) is 0 Å². The lowest BCUT2D eigenvalue weighted by Crippen LogP contribution is -2.22. The van der Waals surface area contributed by atoms with Crippen LogP contribution < -0.4 is 10.1 Å². The monoisotopic (exact) mass is 387 g/mol. The van der Waals surface area contributed by atoms with Gasteiger partial charge in [0.15, 0.2) is 6.10 Å². The SMILES string of the molecule is CC(=O)NCCc1nc(C(C)Oc2ccc(Br)cc2Cl)no1. The molecule has 1 amide bonds. The number of hydrogen-bond donors (Lipinski definition) is 1. The third kappa shape index (κ3) is 4.71. The van der Waals surface area contributed by atoms with Crippen molar-refractivity contribution < 1.29 is 14.1 Å². The van der Waals surface area contributed by atoms with Crippen molar-refractivity contribution in [3.8, 4) is 5.75 Å². The summed E-state index contributed by atoms with van der Waals surface area (Å²) in [4.78, 5) is 15.0. The Kier molecular flexibility index (Phi) is 5.79. The van der Waals surface area contributed by atoms with Crippen molar-refractivity contribution in [2.75, 3.05) is 6.54 Å². The van der Waals surface area contributed by atoms with Gasteiger partial charge in [-0.1, -0.05) is 32.7 Å². The Balaban J connectivity index is 1.96. The average molecular weight is 389 g/mol. The van der Waals surface area contributed by atoms with E-state index in [1.807, 2.05) is 6.07 Å². The largest absolute Gasteiger partial charge is 0.481 e. The van der Waals surface area contributed by atoms with Crippen molar-refractivity contribution in [3.63, 3.8) is 0 Å². The molecule has 8 heteroatoms. The molecule has 1 heterocycles. The second-order valence-electron chi connectivity index (χ2n) is 4.61. The maximum Gasteiger partial charge on any atom is 0.228 e. The molecule has 1 N–H and O–H groups in total. The fourth-order valence-corrected chi connectivity index (χ4v) is 2.41. The molecule has 2 aromatic rings. The van der Waals surface area contributed by atoms with Gasteiger partial charge in [-0.2, -0.15) is 4.98 Å². The van der Waals surface area contributed by atoms with E-state index in [0.29, 0.717) is 35.5 Å². The van der Waals surface area contributed by atoms with Crippen molar-refractivity contribution in [2.24, 2.45) is 0 Å². The van der Waals surface area contributed by atoms with E-state index in [4.69, 9.17) is 20.9 Å². The first-order chi connectivity index (χ1) is 10.5. The molecule has 0 aliphatic rings. The van der Waals surface area contributed by atoms with E-state index in [9.17, 15) is 4.79 Å². The van der Waals surface area contributed by atoms with Crippen LogP contribution in [0, 0.1) is 0 Å². The lowest BCUT2D eigenvalue weighted by molar-refractivity contribution is -0.118. The van der Waals surface area contributed by atoms with Crippen molar-refractivity contribution in [2.45, 2.75) is 26.4 Å². The minimum absolute atomic E-state index is 0.0960. The minimum Gasteiger partial charge on any atom is -0.481 e. The van der Waals surface area contributed by atoms with Crippen LogP contribution in [0.4, 0.5) is 0 Å². The summed E-state index contributed by atoms with van der Waals surface area (Å²) in [5.41, 5.74) is 0. The van der Waals surface area contributed by atoms with Crippen LogP contribution in [0.1, 0.15) is 31.7 Å². The number of nitrogens with zero attached hydrogens (tertiary/aromatic N) is 2. The molecule has 0 spiro atoms. The Bertz CT molecular complexity index is 663. The van der Waals surface area contributed by atoms with E-state index >= 15 is 0 Å². The van der Waals surface area contributed by atoms with Crippen LogP contribution in [-0.2, 0) is 11.2 Å². The predicted octanol–water partition coefficient (Wildman–Crippen LogP) is 3.30. The summed E-state index contributed by atoms with van der Waals surface area (Å²) in [6.07, 6.45) is 0.0650. The van der Waals surface area contributed by atoms with E-state index in [1.165, 1.54) is 6.92 Å². The topological polar surface area (TPSA) is 77.2 Å². The van der Waals surface area contributed by atoms with Gasteiger partial charge in [-0.15, -0.1) is 0 Å². The smallest absolute Gasteiger partial charge is 0.228 e. The number of amides is 1. The summed E-state index contributed by atoms with van der Waals surface area (Å²) in [6, 6.07) is 5.35. The molecule has 1 atom stereocenters. The average Bonchev–Trinajstić information content (AvgIpc) is 2.90. The van der Waals surface area contributed by atoms with Crippen LogP contribution in [0.5, 0.6) is 5.75 Å². The fraction of sp³-hybridized carbons (Fsp3) is 0.357. The van der Waals surface area contributed by atoms with E-state index in [1.54, 1.807) is 19.1 Å². The second kappa shape index (κ2) is 7.60. The first kappa shape index (κ1) is 16.8. The molecule has 0 aliphatic carbocycles. The van der Waals surface area contributed by atoms with Gasteiger partial charge < -0.3 is 14.6 Å². The molecule has 0 radical (unpaired) electrons. The molecule has 22 heavy (non-hydrogen) atoms. The van der Waals surface area contributed by atoms with Crippen molar-refractivity contribution >= 4 is 33.4 Å². The van der Waals surface area contributed by atoms with Crippen LogP contribution in [0.2, 0.25) is 5.02 Å². The third-order valence-electron chi connectivity index (χ3n) is 2.76. The molecule has 1 aromatic carbocycles. The summed E-state index contributed by atoms with van der Waals surface area (Å²) in [6.45, 7) is 3.71. The van der Waals surface area contributed by atoms with E-state index in [2.05, 4.69) is 31.4 Å². The molecule has 1 aromatic heterocycles. The van der Waals surface area contributed by atoms with E-state index in [-0.39, 0.29) is 5.91 Å². The van der Waals surface area contributed by atoms with Gasteiger partial charge in [0, 0.05) is 24.4 Å². The first-order valence-corrected chi connectivity index (χ1v) is 7.81. The Morgan fingerprint density at radius 1 is 1.55 bits per heavy atom. The van der Waals surface area contributed by atoms with Gasteiger partial charge in [-0.05, 0) is 25.1 Å². The molecule has 118 valence electrons. The number of ether oxygens (including phenoxy) is 1. The lowest BCUT2D eigenvalue weighted by atomic mass is 10.3. The third-order valence-corrected chi connectivity index (χ3v) is 3.55. The van der Waals surface area contributed by atoms with E-state index < -0.39 is 6.10 Å². The molecular weight excluding hydrogens is 374 g/mol. The number of benzene rings is 1. The highest BCUT2D eigenvalue weighted by Crippen LogP contribution is 2.30. The zero-order valence-electron chi connectivity index (χ0n) is 12.1. The number of halogens is 2. The molecule has 0 aliphatic heterocycles. The Morgan fingerprint density at radius 2 is 2.32 bits per heavy atom. The van der Waals surface area contributed by atoms with Gasteiger partial charge in [0.1, 0.15) is 5.75 Å². The Hall–Kier alpha value is -1.60. The maximum absolute atomic E-state index is 10.8. The number of carbonyl (C=O) groups is 1. The second-order valence-corrected chi connectivity index (χ2v) is 5.94. The molecular formula is C14H15BrClN3O3. The molecule has 1 unspecified atom stereocenters. The standard InChI is InChI=1S/C14H15BrClN3O3/c1-8(21-12-4-3-10(15)7-11(12)16)14-18-13(22-19-14)5-6-17-9(2)20/h3-4,7-8H,5-6H2,1-2H3,(H,17,20). The van der Waals surface area contributed by atoms with E-state index in [0.717, 1.165) is 4.47 Å². The highest BCUT2D eigenvalue weighted by molar-refractivity contribution is 9.10. The molecule has 0 bridgehead atoms. The predicted molar refractivity (Wildman–Crippen MR) is 84.9 cm³/mol. The summed E-state index contributed by atoms with van der Waals surface area (Å²) >= 11 is 9.44. The summed E-state index contributed by atoms with van der Waals surface area (Å²) in [5, 5.41) is 7.04. The molecule has 2 rings (SSSR count). The van der Waals surface area contributed by atoms with Gasteiger partial charge >= 0.3 is 0 Å². The van der Waals surface area contributed by atoms with Gasteiger partial charge in [-0.3, -0.25) is 4.79 Å². The zero-order valence-corrected chi connectivity index (χ0v) is 14.4. The van der Waals surface area contributed by atoms with Crippen LogP contribution in [0.25, 0.3) is 0 Å². The van der Waals surface area contributed by atoms with Crippen LogP contribution in [-0.4, -0.2) is 22.6 Å². The number of nitrogens with one attached hydrogen (secondary N) is 1. The van der Waals surface area contributed by atoms with Crippen molar-refractivity contribution in [1.29, 1.82) is 0 Å². The summed E-state index contributed by atoms with van der Waals surface area (Å²) < 4.78 is 11.7. The molecule has 6 nitrogen and oxygen atoms in total. The maximum atomic E-state index is 10.8. The number of rotatable bonds is 6. The number of carbonyl (C=O) groups excluding carboxylic acids is 1. The van der Waals surface area contributed by atoms with Gasteiger partial charge in [0.2, 0.25) is 17.6 Å². The first-order valence-electron chi connectivity index (χ1n) is 6.64. The molecule has 0 fully saturated rings. The van der Waals surface area contributed by atoms with Crippen LogP contribution in [0.3, 0.4) is 0 Å². The number of aromatic nitrogens is 2. The van der Waals surface area contributed by atoms with Gasteiger partial charge in [0.05, 0.1) is 5.02 Å². The Labute approximate surface area is 141 Å². The molecule has 0 saturated heterocycles. The summed E-state index contributed by atoms with van der Waals surface area (Å²) in [5.74, 6) is 1.32. The number of hydrogen-bond acceptors (Lipinski definition) is 5. The van der Waals surface area contributed by atoms with Crippen LogP contribution >= 0.6 is 27.5 Å². The van der Waals surface area contributed by atoms with Gasteiger partial charge in [0.25, 0.3) is 0 Å². The minimum atomic E-state index is -0.406. The van der Waals surface area contributed by atoms with Crippen molar-refractivity contribution in [1.82, 2.24) is 15.5 Å². The van der Waals surface area contributed by atoms with Crippen molar-refractivity contribution in [3.05, 3.63) is 39.4 Å². The quantitative estimate of drug-likeness (QED) is 0.821.